The molecule has 1 unspecified atom stereocenters. The molecule has 0 bridgehead atoms. The SMILES string of the molecule is CC1CCCCN1c1cc(N)ccc1Cl. The first-order valence-electron chi connectivity index (χ1n) is 5.50. The van der Waals surface area contributed by atoms with Gasteiger partial charge in [-0.25, -0.2) is 0 Å². The van der Waals surface area contributed by atoms with Gasteiger partial charge in [0.2, 0.25) is 0 Å². The van der Waals surface area contributed by atoms with E-state index in [-0.39, 0.29) is 0 Å². The molecule has 0 aromatic heterocycles. The number of hydrogen-bond acceptors (Lipinski definition) is 2. The molecule has 1 aliphatic heterocycles. The lowest BCUT2D eigenvalue weighted by molar-refractivity contribution is 0.485. The summed E-state index contributed by atoms with van der Waals surface area (Å²) in [4.78, 5) is 2.36. The Balaban J connectivity index is 2.30. The second-order valence-corrected chi connectivity index (χ2v) is 4.66. The maximum absolute atomic E-state index is 6.20. The van der Waals surface area contributed by atoms with Gasteiger partial charge < -0.3 is 10.6 Å². The largest absolute Gasteiger partial charge is 0.399 e. The lowest BCUT2D eigenvalue weighted by Crippen LogP contribution is -2.37. The zero-order valence-corrected chi connectivity index (χ0v) is 9.80. The third-order valence-corrected chi connectivity index (χ3v) is 3.40. The van der Waals surface area contributed by atoms with Crippen molar-refractivity contribution in [2.75, 3.05) is 17.2 Å². The van der Waals surface area contributed by atoms with E-state index in [1.165, 1.54) is 19.3 Å². The molecule has 15 heavy (non-hydrogen) atoms. The Hall–Kier alpha value is -0.890. The Labute approximate surface area is 96.0 Å². The molecule has 0 radical (unpaired) electrons. The van der Waals surface area contributed by atoms with Crippen molar-refractivity contribution < 1.29 is 0 Å². The van der Waals surface area contributed by atoms with Crippen molar-refractivity contribution in [3.8, 4) is 0 Å². The maximum atomic E-state index is 6.20. The Morgan fingerprint density at radius 2 is 2.20 bits per heavy atom. The normalized spacial score (nSPS) is 21.7. The van der Waals surface area contributed by atoms with E-state index in [0.717, 1.165) is 22.9 Å². The molecule has 2 N–H and O–H groups in total. The van der Waals surface area contributed by atoms with Crippen LogP contribution in [0, 0.1) is 0 Å². The predicted octanol–water partition coefficient (Wildman–Crippen LogP) is 3.30. The van der Waals surface area contributed by atoms with Gasteiger partial charge in [0.05, 0.1) is 10.7 Å². The smallest absolute Gasteiger partial charge is 0.0641 e. The number of nitrogens with two attached hydrogens (primary N) is 1. The molecule has 2 nitrogen and oxygen atoms in total. The van der Waals surface area contributed by atoms with Gasteiger partial charge in [0.25, 0.3) is 0 Å². The van der Waals surface area contributed by atoms with E-state index in [9.17, 15) is 0 Å². The molecule has 0 saturated carbocycles. The second kappa shape index (κ2) is 4.31. The minimum absolute atomic E-state index is 0.568. The van der Waals surface area contributed by atoms with Crippen LogP contribution in [-0.2, 0) is 0 Å². The van der Waals surface area contributed by atoms with Crippen LogP contribution in [0.4, 0.5) is 11.4 Å². The summed E-state index contributed by atoms with van der Waals surface area (Å²) >= 11 is 6.20. The van der Waals surface area contributed by atoms with Crippen LogP contribution < -0.4 is 10.6 Å². The first-order valence-corrected chi connectivity index (χ1v) is 5.88. The molecular formula is C12H17ClN2. The van der Waals surface area contributed by atoms with Crippen molar-refractivity contribution in [1.29, 1.82) is 0 Å². The molecule has 82 valence electrons. The fraction of sp³-hybridized carbons (Fsp3) is 0.500. The molecule has 1 saturated heterocycles. The van der Waals surface area contributed by atoms with Crippen LogP contribution >= 0.6 is 11.6 Å². The summed E-state index contributed by atoms with van der Waals surface area (Å²) in [5, 5.41) is 0.804. The van der Waals surface area contributed by atoms with E-state index in [4.69, 9.17) is 17.3 Å². The van der Waals surface area contributed by atoms with Crippen molar-refractivity contribution >= 4 is 23.0 Å². The molecule has 0 aliphatic carbocycles. The summed E-state index contributed by atoms with van der Waals surface area (Å²) < 4.78 is 0. The van der Waals surface area contributed by atoms with Gasteiger partial charge in [-0.3, -0.25) is 0 Å². The van der Waals surface area contributed by atoms with Crippen LogP contribution in [0.5, 0.6) is 0 Å². The van der Waals surface area contributed by atoms with Crippen LogP contribution in [-0.4, -0.2) is 12.6 Å². The fourth-order valence-electron chi connectivity index (χ4n) is 2.21. The summed E-state index contributed by atoms with van der Waals surface area (Å²) in [6, 6.07) is 6.27. The number of rotatable bonds is 1. The third-order valence-electron chi connectivity index (χ3n) is 3.08. The Bertz CT molecular complexity index is 351. The van der Waals surface area contributed by atoms with Gasteiger partial charge in [0.1, 0.15) is 0 Å². The molecule has 2 rings (SSSR count). The lowest BCUT2D eigenvalue weighted by Gasteiger charge is -2.36. The van der Waals surface area contributed by atoms with Gasteiger partial charge in [0.15, 0.2) is 0 Å². The first kappa shape index (κ1) is 10.6. The summed E-state index contributed by atoms with van der Waals surface area (Å²) in [7, 11) is 0. The second-order valence-electron chi connectivity index (χ2n) is 4.25. The van der Waals surface area contributed by atoms with Gasteiger partial charge >= 0.3 is 0 Å². The monoisotopic (exact) mass is 224 g/mol. The summed E-state index contributed by atoms with van der Waals surface area (Å²) in [6.07, 6.45) is 3.80. The van der Waals surface area contributed by atoms with Crippen LogP contribution in [0.25, 0.3) is 0 Å². The van der Waals surface area contributed by atoms with Gasteiger partial charge in [0, 0.05) is 18.3 Å². The summed E-state index contributed by atoms with van der Waals surface area (Å²) in [5.41, 5.74) is 7.67. The Kier molecular flexibility index (Phi) is 3.06. The zero-order valence-electron chi connectivity index (χ0n) is 9.04. The number of halogens is 1. The van der Waals surface area contributed by atoms with E-state index < -0.39 is 0 Å². The van der Waals surface area contributed by atoms with Gasteiger partial charge in [-0.15, -0.1) is 0 Å². The Morgan fingerprint density at radius 3 is 2.93 bits per heavy atom. The molecule has 0 spiro atoms. The number of hydrogen-bond donors (Lipinski definition) is 1. The maximum Gasteiger partial charge on any atom is 0.0641 e. The highest BCUT2D eigenvalue weighted by Gasteiger charge is 2.20. The minimum atomic E-state index is 0.568. The molecule has 1 aromatic rings. The van der Waals surface area contributed by atoms with Crippen molar-refractivity contribution in [3.05, 3.63) is 23.2 Å². The van der Waals surface area contributed by atoms with Crippen LogP contribution in [0.3, 0.4) is 0 Å². The van der Waals surface area contributed by atoms with Gasteiger partial charge in [-0.1, -0.05) is 11.6 Å². The van der Waals surface area contributed by atoms with E-state index >= 15 is 0 Å². The van der Waals surface area contributed by atoms with E-state index in [2.05, 4.69) is 11.8 Å². The van der Waals surface area contributed by atoms with Gasteiger partial charge in [-0.2, -0.15) is 0 Å². The highest BCUT2D eigenvalue weighted by atomic mass is 35.5. The molecule has 0 amide bonds. The number of piperidine rings is 1. The van der Waals surface area contributed by atoms with Crippen LogP contribution in [0.1, 0.15) is 26.2 Å². The Morgan fingerprint density at radius 1 is 1.40 bits per heavy atom. The molecule has 3 heteroatoms. The number of anilines is 2. The third kappa shape index (κ3) is 2.20. The molecular weight excluding hydrogens is 208 g/mol. The topological polar surface area (TPSA) is 29.3 Å². The van der Waals surface area contributed by atoms with Crippen molar-refractivity contribution in [2.24, 2.45) is 0 Å². The predicted molar refractivity (Wildman–Crippen MR) is 66.5 cm³/mol. The average molecular weight is 225 g/mol. The average Bonchev–Trinajstić information content (AvgIpc) is 2.23. The standard InChI is InChI=1S/C12H17ClN2/c1-9-4-2-3-7-15(9)12-8-10(14)5-6-11(12)13/h5-6,8-9H,2-4,7,14H2,1H3. The first-order chi connectivity index (χ1) is 7.18. The lowest BCUT2D eigenvalue weighted by atomic mass is 10.0. The van der Waals surface area contributed by atoms with Crippen LogP contribution in [0.2, 0.25) is 5.02 Å². The summed E-state index contributed by atoms with van der Waals surface area (Å²) in [5.74, 6) is 0. The van der Waals surface area contributed by atoms with Crippen molar-refractivity contribution in [2.45, 2.75) is 32.2 Å². The number of nitrogens with zero attached hydrogens (tertiary/aromatic N) is 1. The molecule has 1 aromatic carbocycles. The fourth-order valence-corrected chi connectivity index (χ4v) is 2.43. The molecule has 1 atom stereocenters. The van der Waals surface area contributed by atoms with E-state index in [0.29, 0.717) is 6.04 Å². The van der Waals surface area contributed by atoms with Gasteiger partial charge in [-0.05, 0) is 44.4 Å². The number of nitrogen functional groups attached to an aromatic ring is 1. The van der Waals surface area contributed by atoms with E-state index in [1.54, 1.807) is 0 Å². The molecule has 1 heterocycles. The molecule has 1 fully saturated rings. The highest BCUT2D eigenvalue weighted by molar-refractivity contribution is 6.33. The van der Waals surface area contributed by atoms with Crippen molar-refractivity contribution in [3.63, 3.8) is 0 Å². The van der Waals surface area contributed by atoms with E-state index in [1.807, 2.05) is 18.2 Å². The minimum Gasteiger partial charge on any atom is -0.399 e. The highest BCUT2D eigenvalue weighted by Crippen LogP contribution is 2.32. The zero-order chi connectivity index (χ0) is 10.8. The summed E-state index contributed by atoms with van der Waals surface area (Å²) in [6.45, 7) is 3.34. The quantitative estimate of drug-likeness (QED) is 0.742. The number of benzene rings is 1. The molecule has 1 aliphatic rings. The van der Waals surface area contributed by atoms with Crippen LogP contribution in [0.15, 0.2) is 18.2 Å². The van der Waals surface area contributed by atoms with Crippen molar-refractivity contribution in [1.82, 2.24) is 0 Å².